The van der Waals surface area contributed by atoms with Crippen molar-refractivity contribution < 1.29 is 13.8 Å². The maximum atomic E-state index is 13.8. The molecule has 0 bridgehead atoms. The van der Waals surface area contributed by atoms with E-state index in [0.717, 1.165) is 19.4 Å². The summed E-state index contributed by atoms with van der Waals surface area (Å²) in [6, 6.07) is 6.88. The Kier molecular flexibility index (Phi) is 4.89. The van der Waals surface area contributed by atoms with Crippen LogP contribution in [-0.2, 0) is 6.54 Å². The Balaban J connectivity index is 1.66. The summed E-state index contributed by atoms with van der Waals surface area (Å²) in [6.07, 6.45) is 1.88. The van der Waals surface area contributed by atoms with E-state index >= 15 is 0 Å². The van der Waals surface area contributed by atoms with E-state index in [2.05, 4.69) is 19.8 Å². The van der Waals surface area contributed by atoms with E-state index in [1.54, 1.807) is 31.0 Å². The third kappa shape index (κ3) is 3.46. The zero-order valence-electron chi connectivity index (χ0n) is 13.9. The van der Waals surface area contributed by atoms with Gasteiger partial charge in [0.25, 0.3) is 5.91 Å². The number of aromatic nitrogens is 2. The fourth-order valence-electron chi connectivity index (χ4n) is 3.12. The second-order valence-corrected chi connectivity index (χ2v) is 6.24. The second kappa shape index (κ2) is 7.09. The molecule has 2 heterocycles. The third-order valence-corrected chi connectivity index (χ3v) is 4.56. The van der Waals surface area contributed by atoms with E-state index in [-0.39, 0.29) is 23.5 Å². The number of amides is 1. The van der Waals surface area contributed by atoms with Gasteiger partial charge in [0.05, 0.1) is 0 Å². The normalized spacial score (nSPS) is 18.5. The van der Waals surface area contributed by atoms with Gasteiger partial charge >= 0.3 is 0 Å². The van der Waals surface area contributed by atoms with Gasteiger partial charge in [-0.05, 0) is 37.5 Å². The van der Waals surface area contributed by atoms with Gasteiger partial charge < -0.3 is 4.90 Å². The smallest absolute Gasteiger partial charge is 0.278 e. The number of nitrogens with zero attached hydrogens (tertiary/aromatic N) is 4. The van der Waals surface area contributed by atoms with E-state index in [1.807, 2.05) is 6.07 Å². The molecular formula is C17H21FN4O2. The number of rotatable bonds is 4. The minimum Gasteiger partial charge on any atom is -0.336 e. The van der Waals surface area contributed by atoms with Gasteiger partial charge in [0.1, 0.15) is 11.5 Å². The number of likely N-dealkylation sites (N-methyl/N-ethyl adjacent to an activating group) is 1. The van der Waals surface area contributed by atoms with Gasteiger partial charge in [-0.25, -0.2) is 9.02 Å². The average molecular weight is 332 g/mol. The summed E-state index contributed by atoms with van der Waals surface area (Å²) in [5, 5.41) is 7.35. The molecule has 0 unspecified atom stereocenters. The summed E-state index contributed by atoms with van der Waals surface area (Å²) in [6.45, 7) is 3.86. The Labute approximate surface area is 140 Å². The SMILES string of the molecule is Cc1nonc1C(=O)N(C)[C@@H]1CCCN(Cc2ccccc2F)C1. The highest BCUT2D eigenvalue weighted by Crippen LogP contribution is 2.20. The molecular weight excluding hydrogens is 311 g/mol. The van der Waals surface area contributed by atoms with Crippen molar-refractivity contribution in [2.24, 2.45) is 0 Å². The van der Waals surface area contributed by atoms with Crippen LogP contribution in [0.25, 0.3) is 0 Å². The fraction of sp³-hybridized carbons (Fsp3) is 0.471. The van der Waals surface area contributed by atoms with E-state index < -0.39 is 0 Å². The number of aryl methyl sites for hydroxylation is 1. The van der Waals surface area contributed by atoms with Gasteiger partial charge in [0.2, 0.25) is 0 Å². The molecule has 0 N–H and O–H groups in total. The molecule has 1 amide bonds. The van der Waals surface area contributed by atoms with Gasteiger partial charge in [-0.15, -0.1) is 0 Å². The van der Waals surface area contributed by atoms with Crippen LogP contribution in [0.3, 0.4) is 0 Å². The molecule has 0 radical (unpaired) electrons. The van der Waals surface area contributed by atoms with Crippen LogP contribution in [0.15, 0.2) is 28.9 Å². The quantitative estimate of drug-likeness (QED) is 0.859. The molecule has 0 spiro atoms. The highest BCUT2D eigenvalue weighted by molar-refractivity contribution is 5.93. The first-order valence-electron chi connectivity index (χ1n) is 8.08. The van der Waals surface area contributed by atoms with Crippen molar-refractivity contribution in [1.82, 2.24) is 20.1 Å². The van der Waals surface area contributed by atoms with Crippen molar-refractivity contribution in [2.75, 3.05) is 20.1 Å². The van der Waals surface area contributed by atoms with Crippen LogP contribution in [0.4, 0.5) is 4.39 Å². The molecule has 1 aliphatic rings. The first-order valence-corrected chi connectivity index (χ1v) is 8.08. The van der Waals surface area contributed by atoms with Crippen LogP contribution in [0, 0.1) is 12.7 Å². The first-order chi connectivity index (χ1) is 11.6. The lowest BCUT2D eigenvalue weighted by Crippen LogP contribution is -2.48. The lowest BCUT2D eigenvalue weighted by atomic mass is 10.0. The van der Waals surface area contributed by atoms with Crippen molar-refractivity contribution >= 4 is 5.91 Å². The zero-order valence-corrected chi connectivity index (χ0v) is 13.9. The Bertz CT molecular complexity index is 718. The molecule has 1 aromatic carbocycles. The van der Waals surface area contributed by atoms with Crippen molar-refractivity contribution in [1.29, 1.82) is 0 Å². The molecule has 1 atom stereocenters. The Hall–Kier alpha value is -2.28. The average Bonchev–Trinajstić information content (AvgIpc) is 3.02. The molecule has 0 aliphatic carbocycles. The molecule has 1 saturated heterocycles. The molecule has 1 aliphatic heterocycles. The lowest BCUT2D eigenvalue weighted by Gasteiger charge is -2.37. The van der Waals surface area contributed by atoms with Gasteiger partial charge in [-0.1, -0.05) is 23.4 Å². The topological polar surface area (TPSA) is 62.5 Å². The molecule has 2 aromatic rings. The van der Waals surface area contributed by atoms with Gasteiger partial charge in [0.15, 0.2) is 5.69 Å². The van der Waals surface area contributed by atoms with E-state index in [0.29, 0.717) is 24.3 Å². The minimum atomic E-state index is -0.188. The molecule has 24 heavy (non-hydrogen) atoms. The first kappa shape index (κ1) is 16.6. The molecule has 1 fully saturated rings. The number of carbonyl (C=O) groups excluding carboxylic acids is 1. The monoisotopic (exact) mass is 332 g/mol. The predicted octanol–water partition coefficient (Wildman–Crippen LogP) is 2.25. The predicted molar refractivity (Wildman–Crippen MR) is 85.8 cm³/mol. The molecule has 128 valence electrons. The Morgan fingerprint density at radius 2 is 2.21 bits per heavy atom. The van der Waals surface area contributed by atoms with Crippen molar-refractivity contribution in [2.45, 2.75) is 32.4 Å². The summed E-state index contributed by atoms with van der Waals surface area (Å²) in [5.74, 6) is -0.375. The summed E-state index contributed by atoms with van der Waals surface area (Å²) < 4.78 is 18.5. The maximum absolute atomic E-state index is 13.8. The van der Waals surface area contributed by atoms with Crippen molar-refractivity contribution in [3.8, 4) is 0 Å². The zero-order chi connectivity index (χ0) is 17.1. The summed E-state index contributed by atoms with van der Waals surface area (Å²) >= 11 is 0. The van der Waals surface area contributed by atoms with E-state index in [1.165, 1.54) is 6.07 Å². The number of piperidine rings is 1. The summed E-state index contributed by atoms with van der Waals surface area (Å²) in [4.78, 5) is 16.4. The number of carbonyl (C=O) groups is 1. The minimum absolute atomic E-state index is 0.0640. The van der Waals surface area contributed by atoms with Gasteiger partial charge in [-0.3, -0.25) is 9.69 Å². The molecule has 7 heteroatoms. The maximum Gasteiger partial charge on any atom is 0.278 e. The van der Waals surface area contributed by atoms with Gasteiger partial charge in [0, 0.05) is 31.7 Å². The van der Waals surface area contributed by atoms with Crippen LogP contribution in [0.2, 0.25) is 0 Å². The van der Waals surface area contributed by atoms with Crippen molar-refractivity contribution in [3.05, 3.63) is 47.0 Å². The molecule has 6 nitrogen and oxygen atoms in total. The second-order valence-electron chi connectivity index (χ2n) is 6.24. The van der Waals surface area contributed by atoms with Crippen LogP contribution < -0.4 is 0 Å². The van der Waals surface area contributed by atoms with E-state index in [9.17, 15) is 9.18 Å². The molecule has 0 saturated carbocycles. The standard InChI is InChI=1S/C17H21FN4O2/c1-12-16(20-24-19-12)17(23)21(2)14-7-5-9-22(11-14)10-13-6-3-4-8-15(13)18/h3-4,6,8,14H,5,7,9-11H2,1-2H3/t14-/m1/s1. The lowest BCUT2D eigenvalue weighted by molar-refractivity contribution is 0.0597. The number of hydrogen-bond donors (Lipinski definition) is 0. The number of likely N-dealkylation sites (tertiary alicyclic amines) is 1. The fourth-order valence-corrected chi connectivity index (χ4v) is 3.12. The third-order valence-electron chi connectivity index (χ3n) is 4.56. The van der Waals surface area contributed by atoms with Gasteiger partial charge in [-0.2, -0.15) is 0 Å². The van der Waals surface area contributed by atoms with Crippen molar-refractivity contribution in [3.63, 3.8) is 0 Å². The highest BCUT2D eigenvalue weighted by atomic mass is 19.1. The molecule has 1 aromatic heterocycles. The highest BCUT2D eigenvalue weighted by Gasteiger charge is 2.29. The molecule has 3 rings (SSSR count). The number of halogens is 1. The summed E-state index contributed by atoms with van der Waals surface area (Å²) in [7, 11) is 1.77. The van der Waals surface area contributed by atoms with Crippen LogP contribution in [-0.4, -0.2) is 52.2 Å². The Morgan fingerprint density at radius 3 is 2.92 bits per heavy atom. The number of hydrogen-bond acceptors (Lipinski definition) is 5. The van der Waals surface area contributed by atoms with Crippen LogP contribution >= 0.6 is 0 Å². The van der Waals surface area contributed by atoms with E-state index in [4.69, 9.17) is 0 Å². The largest absolute Gasteiger partial charge is 0.336 e. The Morgan fingerprint density at radius 1 is 1.42 bits per heavy atom. The van der Waals surface area contributed by atoms with Crippen LogP contribution in [0.5, 0.6) is 0 Å². The number of benzene rings is 1. The summed E-state index contributed by atoms with van der Waals surface area (Å²) in [5.41, 5.74) is 1.43. The van der Waals surface area contributed by atoms with Crippen LogP contribution in [0.1, 0.15) is 34.6 Å².